The first-order valence-corrected chi connectivity index (χ1v) is 18.2. The van der Waals surface area contributed by atoms with Crippen LogP contribution >= 0.6 is 0 Å². The molecule has 12 rings (SSSR count). The third-order valence-corrected chi connectivity index (χ3v) is 12.8. The Labute approximate surface area is 288 Å². The van der Waals surface area contributed by atoms with Gasteiger partial charge < -0.3 is 0 Å². The Morgan fingerprint density at radius 2 is 1.06 bits per heavy atom. The van der Waals surface area contributed by atoms with E-state index in [1.807, 2.05) is 0 Å². The minimum atomic E-state index is 0.219. The first kappa shape index (κ1) is 27.7. The van der Waals surface area contributed by atoms with Gasteiger partial charge in [0.05, 0.1) is 11.0 Å². The van der Waals surface area contributed by atoms with Gasteiger partial charge in [-0.05, 0) is 143 Å². The van der Waals surface area contributed by atoms with Crippen LogP contribution in [0.25, 0.3) is 61.5 Å². The Kier molecular flexibility index (Phi) is 5.88. The fourth-order valence-corrected chi connectivity index (χ4v) is 11.1. The fraction of sp³-hybridized carbons (Fsp3) is 0.213. The Balaban J connectivity index is 0.998. The van der Waals surface area contributed by atoms with Gasteiger partial charge in [-0.1, -0.05) is 103 Å². The van der Waals surface area contributed by atoms with Crippen LogP contribution in [0.5, 0.6) is 0 Å². The third kappa shape index (κ3) is 3.98. The van der Waals surface area contributed by atoms with Crippen molar-refractivity contribution in [3.63, 3.8) is 0 Å². The van der Waals surface area contributed by atoms with Crippen molar-refractivity contribution in [2.24, 2.45) is 23.7 Å². The standard InChI is InChI=1S/C47H38N2/c1-2-14-39(15-3-1)49-45-19-7-6-18-44(45)48-46(49)36-13-9-12-34(28-36)32-10-8-11-33(27-32)35-20-21-43-41(29-35)40-16-4-5-17-42(40)47(43)37-23-30-22-31(25-37)26-38(47)24-30/h1-21,27-31,37-38H,22-26H2. The number of imidazole rings is 1. The molecule has 4 bridgehead atoms. The molecule has 6 aromatic carbocycles. The Bertz CT molecular complexity index is 2390. The second kappa shape index (κ2) is 10.4. The van der Waals surface area contributed by atoms with Crippen molar-refractivity contribution < 1.29 is 0 Å². The second-order valence-corrected chi connectivity index (χ2v) is 15.2. The molecule has 0 unspecified atom stereocenters. The molecule has 49 heavy (non-hydrogen) atoms. The molecule has 1 aromatic heterocycles. The first-order chi connectivity index (χ1) is 24.2. The molecule has 0 N–H and O–H groups in total. The molecular formula is C47H38N2. The predicted molar refractivity (Wildman–Crippen MR) is 201 cm³/mol. The van der Waals surface area contributed by atoms with Crippen molar-refractivity contribution in [1.82, 2.24) is 9.55 Å². The number of fused-ring (bicyclic) bond motifs is 4. The summed E-state index contributed by atoms with van der Waals surface area (Å²) in [6.07, 6.45) is 7.18. The van der Waals surface area contributed by atoms with E-state index in [2.05, 4.69) is 150 Å². The lowest BCUT2D eigenvalue weighted by Gasteiger charge is -2.61. The minimum Gasteiger partial charge on any atom is -0.292 e. The summed E-state index contributed by atoms with van der Waals surface area (Å²) in [5.41, 5.74) is 15.8. The Morgan fingerprint density at radius 1 is 0.469 bits per heavy atom. The summed E-state index contributed by atoms with van der Waals surface area (Å²) >= 11 is 0. The van der Waals surface area contributed by atoms with Crippen LogP contribution in [0.3, 0.4) is 0 Å². The number of nitrogens with zero attached hydrogens (tertiary/aromatic N) is 2. The lowest BCUT2D eigenvalue weighted by molar-refractivity contribution is -0.0399. The Hall–Kier alpha value is -5.21. The van der Waals surface area contributed by atoms with E-state index in [1.54, 1.807) is 11.1 Å². The summed E-state index contributed by atoms with van der Waals surface area (Å²) in [6, 6.07) is 53.9. The van der Waals surface area contributed by atoms with E-state index in [4.69, 9.17) is 4.98 Å². The van der Waals surface area contributed by atoms with Crippen LogP contribution < -0.4 is 0 Å². The zero-order valence-corrected chi connectivity index (χ0v) is 27.6. The zero-order valence-electron chi connectivity index (χ0n) is 27.6. The van der Waals surface area contributed by atoms with Crippen molar-refractivity contribution in [1.29, 1.82) is 0 Å². The van der Waals surface area contributed by atoms with E-state index in [9.17, 15) is 0 Å². The number of hydrogen-bond acceptors (Lipinski definition) is 1. The maximum Gasteiger partial charge on any atom is 0.145 e. The highest BCUT2D eigenvalue weighted by Gasteiger charge is 2.61. The summed E-state index contributed by atoms with van der Waals surface area (Å²) in [5, 5.41) is 0. The molecule has 2 heteroatoms. The molecule has 7 aromatic rings. The Morgan fingerprint density at radius 3 is 1.82 bits per heavy atom. The summed E-state index contributed by atoms with van der Waals surface area (Å²) in [7, 11) is 0. The smallest absolute Gasteiger partial charge is 0.145 e. The van der Waals surface area contributed by atoms with Gasteiger partial charge in [0.1, 0.15) is 5.82 Å². The van der Waals surface area contributed by atoms with E-state index in [-0.39, 0.29) is 5.41 Å². The fourth-order valence-electron chi connectivity index (χ4n) is 11.1. The van der Waals surface area contributed by atoms with Crippen LogP contribution in [-0.4, -0.2) is 9.55 Å². The quantitative estimate of drug-likeness (QED) is 0.189. The van der Waals surface area contributed by atoms with Gasteiger partial charge in [0.25, 0.3) is 0 Å². The van der Waals surface area contributed by atoms with Crippen molar-refractivity contribution in [2.75, 3.05) is 0 Å². The monoisotopic (exact) mass is 630 g/mol. The molecule has 5 aliphatic carbocycles. The van der Waals surface area contributed by atoms with Gasteiger partial charge in [-0.25, -0.2) is 4.98 Å². The van der Waals surface area contributed by atoms with Crippen molar-refractivity contribution >= 4 is 11.0 Å². The lowest BCUT2D eigenvalue weighted by Crippen LogP contribution is -2.55. The van der Waals surface area contributed by atoms with Crippen LogP contribution in [0.4, 0.5) is 0 Å². The topological polar surface area (TPSA) is 17.8 Å². The van der Waals surface area contributed by atoms with Crippen molar-refractivity contribution in [2.45, 2.75) is 37.5 Å². The highest BCUT2D eigenvalue weighted by atomic mass is 15.1. The van der Waals surface area contributed by atoms with E-state index < -0.39 is 0 Å². The molecule has 1 heterocycles. The van der Waals surface area contributed by atoms with Gasteiger partial charge in [0.15, 0.2) is 0 Å². The molecule has 0 atom stereocenters. The molecule has 0 saturated heterocycles. The van der Waals surface area contributed by atoms with Crippen LogP contribution in [0.15, 0.2) is 146 Å². The number of rotatable bonds is 4. The number of aromatic nitrogens is 2. The van der Waals surface area contributed by atoms with E-state index >= 15 is 0 Å². The van der Waals surface area contributed by atoms with Crippen LogP contribution in [0, 0.1) is 23.7 Å². The highest BCUT2D eigenvalue weighted by Crippen LogP contribution is 2.69. The van der Waals surface area contributed by atoms with E-state index in [0.29, 0.717) is 0 Å². The van der Waals surface area contributed by atoms with Crippen molar-refractivity contribution in [3.05, 3.63) is 157 Å². The maximum atomic E-state index is 5.14. The number of benzene rings is 6. The largest absolute Gasteiger partial charge is 0.292 e. The summed E-state index contributed by atoms with van der Waals surface area (Å²) in [4.78, 5) is 5.14. The lowest BCUT2D eigenvalue weighted by atomic mass is 9.43. The van der Waals surface area contributed by atoms with E-state index in [0.717, 1.165) is 51.8 Å². The van der Waals surface area contributed by atoms with Crippen LogP contribution in [0.2, 0.25) is 0 Å². The maximum absolute atomic E-state index is 5.14. The average Bonchev–Trinajstić information content (AvgIpc) is 3.68. The van der Waals surface area contributed by atoms with Gasteiger partial charge >= 0.3 is 0 Å². The number of hydrogen-bond donors (Lipinski definition) is 0. The van der Waals surface area contributed by atoms with Gasteiger partial charge in [0, 0.05) is 16.7 Å². The molecule has 2 nitrogen and oxygen atoms in total. The number of para-hydroxylation sites is 3. The molecule has 0 amide bonds. The summed E-state index contributed by atoms with van der Waals surface area (Å²) < 4.78 is 2.28. The average molecular weight is 631 g/mol. The predicted octanol–water partition coefficient (Wildman–Crippen LogP) is 11.7. The molecule has 5 aliphatic rings. The molecule has 1 spiro atoms. The van der Waals surface area contributed by atoms with Crippen LogP contribution in [0.1, 0.15) is 43.2 Å². The van der Waals surface area contributed by atoms with Crippen LogP contribution in [-0.2, 0) is 5.41 Å². The third-order valence-electron chi connectivity index (χ3n) is 12.8. The minimum absolute atomic E-state index is 0.219. The van der Waals surface area contributed by atoms with Crippen molar-refractivity contribution in [3.8, 4) is 50.5 Å². The van der Waals surface area contributed by atoms with Gasteiger partial charge in [-0.3, -0.25) is 4.57 Å². The molecule has 4 fully saturated rings. The molecule has 0 radical (unpaired) electrons. The van der Waals surface area contributed by atoms with E-state index in [1.165, 1.54) is 65.5 Å². The SMILES string of the molecule is c1ccc(-n2c(-c3cccc(-c4cccc(-c5ccc6c(c5)-c5ccccc5C65C6CC7CC(C6)CC5C7)c4)c3)nc3ccccc32)cc1. The molecule has 4 saturated carbocycles. The normalized spacial score (nSPS) is 24.4. The first-order valence-electron chi connectivity index (χ1n) is 18.2. The van der Waals surface area contributed by atoms with Gasteiger partial charge in [-0.2, -0.15) is 0 Å². The highest BCUT2D eigenvalue weighted by molar-refractivity contribution is 5.87. The molecule has 236 valence electrons. The van der Waals surface area contributed by atoms with Gasteiger partial charge in [-0.15, -0.1) is 0 Å². The summed E-state index contributed by atoms with van der Waals surface area (Å²) in [6.45, 7) is 0. The summed E-state index contributed by atoms with van der Waals surface area (Å²) in [5.74, 6) is 4.47. The molecular weight excluding hydrogens is 593 g/mol. The zero-order chi connectivity index (χ0) is 32.1. The van der Waals surface area contributed by atoms with Gasteiger partial charge in [0.2, 0.25) is 0 Å². The second-order valence-electron chi connectivity index (χ2n) is 15.2. The molecule has 0 aliphatic heterocycles.